The van der Waals surface area contributed by atoms with Crippen molar-refractivity contribution in [3.63, 3.8) is 0 Å². The first-order chi connectivity index (χ1) is 28.1. The van der Waals surface area contributed by atoms with Crippen LogP contribution in [0.2, 0.25) is 0 Å². The maximum absolute atomic E-state index is 13.2. The highest BCUT2D eigenvalue weighted by Gasteiger charge is 2.21. The molecule has 0 spiro atoms. The van der Waals surface area contributed by atoms with Gasteiger partial charge in [0.15, 0.2) is 0 Å². The monoisotopic (exact) mass is 806 g/mol. The third-order valence-corrected chi connectivity index (χ3v) is 12.2. The summed E-state index contributed by atoms with van der Waals surface area (Å²) >= 11 is 0. The summed E-state index contributed by atoms with van der Waals surface area (Å²) in [4.78, 5) is 2.56. The minimum atomic E-state index is -4.25. The van der Waals surface area contributed by atoms with Crippen molar-refractivity contribution in [2.75, 3.05) is 14.2 Å². The number of azo groups is 1. The van der Waals surface area contributed by atoms with Gasteiger partial charge in [0.1, 0.15) is 31.9 Å². The van der Waals surface area contributed by atoms with Gasteiger partial charge in [-0.2, -0.15) is 36.7 Å². The lowest BCUT2D eigenvalue weighted by Gasteiger charge is -2.10. The molecule has 9 aromatic rings. The van der Waals surface area contributed by atoms with Crippen LogP contribution in [0.3, 0.4) is 0 Å². The SMILES string of the molecule is COS(=O)(=O)c1cc(N=Nc2ccc(-n3nc4ccc5ccccc5c4n3)cc2)ccc1C=Cc1ccc(-n2nc3ccc4ccccc4c3n2)cc1S(=O)(=O)OC. The number of aromatic nitrogens is 6. The zero-order valence-corrected chi connectivity index (χ0v) is 32.3. The summed E-state index contributed by atoms with van der Waals surface area (Å²) in [6.45, 7) is 0. The number of fused-ring (bicyclic) bond motifs is 6. The maximum atomic E-state index is 13.2. The lowest BCUT2D eigenvalue weighted by Crippen LogP contribution is -2.08. The summed E-state index contributed by atoms with van der Waals surface area (Å²) in [6, 6.07) is 39.7. The summed E-state index contributed by atoms with van der Waals surface area (Å²) in [6.07, 6.45) is 2.94. The van der Waals surface area contributed by atoms with Gasteiger partial charge in [-0.15, -0.1) is 20.4 Å². The van der Waals surface area contributed by atoms with Gasteiger partial charge in [-0.3, -0.25) is 8.37 Å². The molecule has 0 unspecified atom stereocenters. The van der Waals surface area contributed by atoms with Crippen molar-refractivity contribution in [3.8, 4) is 11.4 Å². The van der Waals surface area contributed by atoms with E-state index in [4.69, 9.17) is 13.5 Å². The van der Waals surface area contributed by atoms with Crippen LogP contribution in [-0.4, -0.2) is 61.0 Å². The molecular weight excluding hydrogens is 777 g/mol. The van der Waals surface area contributed by atoms with Gasteiger partial charge in [0, 0.05) is 10.8 Å². The van der Waals surface area contributed by atoms with Gasteiger partial charge in [0.25, 0.3) is 20.2 Å². The van der Waals surface area contributed by atoms with Gasteiger partial charge in [-0.05, 0) is 82.6 Å². The van der Waals surface area contributed by atoms with Crippen molar-refractivity contribution in [2.24, 2.45) is 10.2 Å². The zero-order valence-electron chi connectivity index (χ0n) is 30.7. The predicted molar refractivity (Wildman–Crippen MR) is 221 cm³/mol. The molecule has 0 atom stereocenters. The van der Waals surface area contributed by atoms with E-state index in [1.54, 1.807) is 35.1 Å². The molecule has 0 amide bonds. The molecular formula is C42H30N8O6S2. The van der Waals surface area contributed by atoms with Crippen LogP contribution in [0.25, 0.3) is 67.1 Å². The lowest BCUT2D eigenvalue weighted by molar-refractivity contribution is 0.396. The molecule has 2 aromatic heterocycles. The highest BCUT2D eigenvalue weighted by atomic mass is 32.2. The van der Waals surface area contributed by atoms with Gasteiger partial charge in [-0.1, -0.05) is 84.9 Å². The fourth-order valence-electron chi connectivity index (χ4n) is 6.60. The Kier molecular flexibility index (Phi) is 9.17. The number of hydrogen-bond acceptors (Lipinski definition) is 12. The number of hydrogen-bond donors (Lipinski definition) is 0. The van der Waals surface area contributed by atoms with Crippen molar-refractivity contribution in [2.45, 2.75) is 9.79 Å². The van der Waals surface area contributed by atoms with Crippen LogP contribution >= 0.6 is 0 Å². The normalized spacial score (nSPS) is 12.6. The average Bonchev–Trinajstić information content (AvgIpc) is 3.91. The van der Waals surface area contributed by atoms with E-state index >= 15 is 0 Å². The van der Waals surface area contributed by atoms with E-state index in [1.165, 1.54) is 35.1 Å². The van der Waals surface area contributed by atoms with Gasteiger partial charge in [0.2, 0.25) is 0 Å². The van der Waals surface area contributed by atoms with Gasteiger partial charge >= 0.3 is 0 Å². The highest BCUT2D eigenvalue weighted by Crippen LogP contribution is 2.31. The fourth-order valence-corrected chi connectivity index (χ4v) is 8.34. The Morgan fingerprint density at radius 1 is 0.500 bits per heavy atom. The van der Waals surface area contributed by atoms with Crippen LogP contribution in [-0.2, 0) is 28.6 Å². The van der Waals surface area contributed by atoms with E-state index in [-0.39, 0.29) is 26.6 Å². The number of nitrogens with zero attached hydrogens (tertiary/aromatic N) is 8. The maximum Gasteiger partial charge on any atom is 0.297 e. The molecule has 0 aliphatic carbocycles. The Bertz CT molecular complexity index is 3360. The number of benzene rings is 7. The summed E-state index contributed by atoms with van der Waals surface area (Å²) in [5, 5.41) is 31.1. The van der Waals surface area contributed by atoms with Crippen molar-refractivity contribution in [1.29, 1.82) is 0 Å². The van der Waals surface area contributed by atoms with E-state index in [1.807, 2.05) is 84.9 Å². The summed E-state index contributed by atoms with van der Waals surface area (Å²) in [5.74, 6) is 0. The summed E-state index contributed by atoms with van der Waals surface area (Å²) in [7, 11) is -6.38. The molecule has 14 nitrogen and oxygen atoms in total. The molecule has 7 aromatic carbocycles. The molecule has 0 saturated heterocycles. The Balaban J connectivity index is 1.00. The van der Waals surface area contributed by atoms with E-state index in [9.17, 15) is 16.8 Å². The highest BCUT2D eigenvalue weighted by molar-refractivity contribution is 7.87. The van der Waals surface area contributed by atoms with Crippen LogP contribution in [0.5, 0.6) is 0 Å². The third-order valence-electron chi connectivity index (χ3n) is 9.56. The zero-order chi connectivity index (χ0) is 40.0. The van der Waals surface area contributed by atoms with E-state index in [0.717, 1.165) is 52.5 Å². The Labute approximate surface area is 331 Å². The van der Waals surface area contributed by atoms with Crippen molar-refractivity contribution < 1.29 is 25.2 Å². The molecule has 9 rings (SSSR count). The lowest BCUT2D eigenvalue weighted by atomic mass is 10.1. The third kappa shape index (κ3) is 6.79. The second-order valence-electron chi connectivity index (χ2n) is 13.0. The van der Waals surface area contributed by atoms with Crippen LogP contribution in [0.1, 0.15) is 11.1 Å². The molecule has 0 fully saturated rings. The minimum absolute atomic E-state index is 0.173. The molecule has 0 radical (unpaired) electrons. The first-order valence-electron chi connectivity index (χ1n) is 17.7. The Morgan fingerprint density at radius 3 is 1.53 bits per heavy atom. The molecule has 0 aliphatic rings. The molecule has 286 valence electrons. The molecule has 0 aliphatic heterocycles. The van der Waals surface area contributed by atoms with Crippen LogP contribution in [0.15, 0.2) is 153 Å². The average molecular weight is 807 g/mol. The molecule has 0 saturated carbocycles. The van der Waals surface area contributed by atoms with Crippen LogP contribution in [0, 0.1) is 0 Å². The second-order valence-corrected chi connectivity index (χ2v) is 16.4. The standard InChI is InChI=1S/C42H30N8O6S2/c1-55-57(51,52)39-25-32(44-43-31-18-21-33(22-19-31)49-45-37-23-15-27-7-3-5-9-35(27)41(37)47-49)17-13-29(39)11-12-30-14-20-34(26-40(30)58(53,54)56-2)50-46-38-24-16-28-8-4-6-10-36(28)42(38)48-50/h3-26H,1-2H3. The molecule has 16 heteroatoms. The van der Waals surface area contributed by atoms with Crippen LogP contribution < -0.4 is 0 Å². The Hall–Kier alpha value is -6.98. The van der Waals surface area contributed by atoms with Crippen molar-refractivity contribution in [3.05, 3.63) is 145 Å². The smallest absolute Gasteiger partial charge is 0.270 e. The molecule has 58 heavy (non-hydrogen) atoms. The second kappa shape index (κ2) is 14.5. The van der Waals surface area contributed by atoms with Gasteiger partial charge < -0.3 is 0 Å². The Morgan fingerprint density at radius 2 is 0.966 bits per heavy atom. The van der Waals surface area contributed by atoms with Crippen molar-refractivity contribution >= 4 is 87.4 Å². The molecule has 2 heterocycles. The van der Waals surface area contributed by atoms with Gasteiger partial charge in [0.05, 0.1) is 37.0 Å². The first-order valence-corrected chi connectivity index (χ1v) is 20.5. The molecule has 0 bridgehead atoms. The predicted octanol–water partition coefficient (Wildman–Crippen LogP) is 8.72. The largest absolute Gasteiger partial charge is 0.297 e. The van der Waals surface area contributed by atoms with E-state index < -0.39 is 20.2 Å². The minimum Gasteiger partial charge on any atom is -0.270 e. The molecule has 0 N–H and O–H groups in total. The van der Waals surface area contributed by atoms with E-state index in [2.05, 4.69) is 25.5 Å². The summed E-state index contributed by atoms with van der Waals surface area (Å²) < 4.78 is 62.4. The first kappa shape index (κ1) is 36.6. The number of rotatable bonds is 10. The van der Waals surface area contributed by atoms with Crippen molar-refractivity contribution in [1.82, 2.24) is 30.0 Å². The van der Waals surface area contributed by atoms with Crippen LogP contribution in [0.4, 0.5) is 11.4 Å². The fraction of sp³-hybridized carbons (Fsp3) is 0.0476. The van der Waals surface area contributed by atoms with Gasteiger partial charge in [-0.25, -0.2) is 0 Å². The summed E-state index contributed by atoms with van der Waals surface area (Å²) in [5.41, 5.74) is 5.16. The van der Waals surface area contributed by atoms with E-state index in [0.29, 0.717) is 22.4 Å². The quantitative estimate of drug-likeness (QED) is 0.0739. The topological polar surface area (TPSA) is 173 Å².